The van der Waals surface area contributed by atoms with Crippen LogP contribution in [0, 0.1) is 18.3 Å². The summed E-state index contributed by atoms with van der Waals surface area (Å²) < 4.78 is 11.5. The van der Waals surface area contributed by atoms with Crippen molar-refractivity contribution in [3.8, 4) is 11.5 Å². The molecule has 0 unspecified atom stereocenters. The molecule has 0 aromatic heterocycles. The summed E-state index contributed by atoms with van der Waals surface area (Å²) in [6.45, 7) is 10.9. The van der Waals surface area contributed by atoms with Gasteiger partial charge in [0.25, 0.3) is 5.91 Å². The number of aryl methyl sites for hydroxylation is 1. The summed E-state index contributed by atoms with van der Waals surface area (Å²) in [6.07, 6.45) is 0.877. The highest BCUT2D eigenvalue weighted by Gasteiger charge is 2.37. The van der Waals surface area contributed by atoms with Gasteiger partial charge in [0.05, 0.1) is 11.1 Å². The second-order valence-corrected chi connectivity index (χ2v) is 9.14. The van der Waals surface area contributed by atoms with Crippen molar-refractivity contribution >= 4 is 23.2 Å². The van der Waals surface area contributed by atoms with Gasteiger partial charge < -0.3 is 19.7 Å². The van der Waals surface area contributed by atoms with Crippen molar-refractivity contribution < 1.29 is 19.1 Å². The van der Waals surface area contributed by atoms with E-state index in [1.165, 1.54) is 0 Å². The average Bonchev–Trinajstić information content (AvgIpc) is 2.81. The molecule has 3 rings (SSSR count). The van der Waals surface area contributed by atoms with Crippen molar-refractivity contribution in [2.45, 2.75) is 41.0 Å². The van der Waals surface area contributed by atoms with E-state index in [4.69, 9.17) is 9.47 Å². The third kappa shape index (κ3) is 5.78. The van der Waals surface area contributed by atoms with Crippen LogP contribution in [0.4, 0.5) is 11.4 Å². The van der Waals surface area contributed by atoms with Gasteiger partial charge in [-0.05, 0) is 63.4 Å². The number of fused-ring (bicyclic) bond motifs is 1. The summed E-state index contributed by atoms with van der Waals surface area (Å²) in [4.78, 5) is 27.4. The van der Waals surface area contributed by atoms with E-state index in [0.29, 0.717) is 41.9 Å². The van der Waals surface area contributed by atoms with Crippen LogP contribution in [0.5, 0.6) is 11.5 Å². The molecule has 0 spiro atoms. The Kier molecular flexibility index (Phi) is 6.88. The van der Waals surface area contributed by atoms with Crippen LogP contribution in [-0.4, -0.2) is 31.6 Å². The molecule has 31 heavy (non-hydrogen) atoms. The number of ether oxygens (including phenoxy) is 2. The third-order valence-electron chi connectivity index (χ3n) is 5.27. The molecule has 6 heteroatoms. The van der Waals surface area contributed by atoms with Gasteiger partial charge in [0.15, 0.2) is 6.61 Å². The lowest BCUT2D eigenvalue weighted by Crippen LogP contribution is -2.42. The highest BCUT2D eigenvalue weighted by atomic mass is 16.5. The van der Waals surface area contributed by atoms with Gasteiger partial charge in [0.2, 0.25) is 5.91 Å². The summed E-state index contributed by atoms with van der Waals surface area (Å²) >= 11 is 0. The zero-order valence-corrected chi connectivity index (χ0v) is 19.0. The van der Waals surface area contributed by atoms with Crippen LogP contribution in [0.1, 0.15) is 39.7 Å². The standard InChI is InChI=1S/C25H32N2O4/c1-17(2)12-13-27-21-14-19(8-11-22(21)31-16-25(4,5)24(27)29)26-23(28)15-30-20-9-6-18(3)7-10-20/h6-11,14,17H,12-13,15-16H2,1-5H3,(H,26,28). The first-order chi connectivity index (χ1) is 14.7. The van der Waals surface area contributed by atoms with Gasteiger partial charge in [-0.3, -0.25) is 9.59 Å². The Morgan fingerprint density at radius 2 is 1.90 bits per heavy atom. The summed E-state index contributed by atoms with van der Waals surface area (Å²) in [5, 5.41) is 2.86. The predicted octanol–water partition coefficient (Wildman–Crippen LogP) is 4.81. The first-order valence-corrected chi connectivity index (χ1v) is 10.7. The van der Waals surface area contributed by atoms with Gasteiger partial charge in [0, 0.05) is 12.2 Å². The van der Waals surface area contributed by atoms with Crippen molar-refractivity contribution in [2.24, 2.45) is 11.3 Å². The minimum absolute atomic E-state index is 0.0260. The van der Waals surface area contributed by atoms with Crippen molar-refractivity contribution in [3.63, 3.8) is 0 Å². The molecule has 1 aliphatic rings. The van der Waals surface area contributed by atoms with Crippen LogP contribution in [0.2, 0.25) is 0 Å². The zero-order valence-electron chi connectivity index (χ0n) is 19.0. The van der Waals surface area contributed by atoms with Crippen LogP contribution < -0.4 is 19.7 Å². The van der Waals surface area contributed by atoms with E-state index in [1.807, 2.05) is 51.1 Å². The van der Waals surface area contributed by atoms with Crippen LogP contribution in [0.15, 0.2) is 42.5 Å². The highest BCUT2D eigenvalue weighted by molar-refractivity contribution is 6.00. The summed E-state index contributed by atoms with van der Waals surface area (Å²) in [7, 11) is 0. The zero-order chi connectivity index (χ0) is 22.6. The Morgan fingerprint density at radius 3 is 2.58 bits per heavy atom. The maximum Gasteiger partial charge on any atom is 0.262 e. The molecule has 1 heterocycles. The Morgan fingerprint density at radius 1 is 1.19 bits per heavy atom. The lowest BCUT2D eigenvalue weighted by Gasteiger charge is -2.28. The fraction of sp³-hybridized carbons (Fsp3) is 0.440. The van der Waals surface area contributed by atoms with Gasteiger partial charge in [0.1, 0.15) is 18.1 Å². The topological polar surface area (TPSA) is 67.9 Å². The molecule has 0 fully saturated rings. The molecule has 2 aromatic rings. The van der Waals surface area contributed by atoms with E-state index in [9.17, 15) is 9.59 Å². The van der Waals surface area contributed by atoms with E-state index in [0.717, 1.165) is 12.0 Å². The molecule has 0 atom stereocenters. The fourth-order valence-corrected chi connectivity index (χ4v) is 3.31. The highest BCUT2D eigenvalue weighted by Crippen LogP contribution is 2.38. The number of hydrogen-bond acceptors (Lipinski definition) is 4. The van der Waals surface area contributed by atoms with E-state index in [1.54, 1.807) is 17.0 Å². The molecule has 2 aromatic carbocycles. The van der Waals surface area contributed by atoms with Gasteiger partial charge in [-0.25, -0.2) is 0 Å². The number of nitrogens with one attached hydrogen (secondary N) is 1. The molecule has 1 N–H and O–H groups in total. The number of amides is 2. The van der Waals surface area contributed by atoms with E-state index in [-0.39, 0.29) is 18.4 Å². The maximum atomic E-state index is 13.2. The number of carbonyl (C=O) groups is 2. The summed E-state index contributed by atoms with van der Waals surface area (Å²) in [5.41, 5.74) is 1.79. The number of carbonyl (C=O) groups excluding carboxylic acids is 2. The molecule has 2 amide bonds. The SMILES string of the molecule is Cc1ccc(OCC(=O)Nc2ccc3c(c2)N(CCC(C)C)C(=O)C(C)(C)CO3)cc1. The van der Waals surface area contributed by atoms with E-state index in [2.05, 4.69) is 19.2 Å². The van der Waals surface area contributed by atoms with Crippen molar-refractivity contribution in [3.05, 3.63) is 48.0 Å². The molecule has 0 bridgehead atoms. The molecule has 6 nitrogen and oxygen atoms in total. The molecule has 0 aliphatic carbocycles. The Balaban J connectivity index is 1.75. The first kappa shape index (κ1) is 22.7. The van der Waals surface area contributed by atoms with Gasteiger partial charge in [-0.2, -0.15) is 0 Å². The van der Waals surface area contributed by atoms with Crippen molar-refractivity contribution in [1.29, 1.82) is 0 Å². The Labute approximate surface area is 184 Å². The van der Waals surface area contributed by atoms with Crippen LogP contribution >= 0.6 is 0 Å². The first-order valence-electron chi connectivity index (χ1n) is 10.7. The summed E-state index contributed by atoms with van der Waals surface area (Å²) in [6, 6.07) is 12.9. The van der Waals surface area contributed by atoms with Crippen molar-refractivity contribution in [1.82, 2.24) is 0 Å². The largest absolute Gasteiger partial charge is 0.490 e. The van der Waals surface area contributed by atoms with Gasteiger partial charge in [-0.15, -0.1) is 0 Å². The lowest BCUT2D eigenvalue weighted by atomic mass is 9.92. The molecule has 166 valence electrons. The number of rotatable bonds is 7. The second-order valence-electron chi connectivity index (χ2n) is 9.14. The maximum absolute atomic E-state index is 13.2. The predicted molar refractivity (Wildman–Crippen MR) is 123 cm³/mol. The second kappa shape index (κ2) is 9.41. The molecular weight excluding hydrogens is 392 g/mol. The monoisotopic (exact) mass is 424 g/mol. The smallest absolute Gasteiger partial charge is 0.262 e. The number of anilines is 2. The Hall–Kier alpha value is -3.02. The Bertz CT molecular complexity index is 935. The quantitative estimate of drug-likeness (QED) is 0.693. The number of hydrogen-bond donors (Lipinski definition) is 1. The summed E-state index contributed by atoms with van der Waals surface area (Å²) in [5.74, 6) is 1.51. The molecule has 0 saturated heterocycles. The molecule has 1 aliphatic heterocycles. The minimum Gasteiger partial charge on any atom is -0.490 e. The average molecular weight is 425 g/mol. The third-order valence-corrected chi connectivity index (χ3v) is 5.27. The van der Waals surface area contributed by atoms with Crippen molar-refractivity contribution in [2.75, 3.05) is 30.0 Å². The van der Waals surface area contributed by atoms with Crippen LogP contribution in [0.25, 0.3) is 0 Å². The number of nitrogens with zero attached hydrogens (tertiary/aromatic N) is 1. The van der Waals surface area contributed by atoms with E-state index < -0.39 is 5.41 Å². The fourth-order valence-electron chi connectivity index (χ4n) is 3.31. The lowest BCUT2D eigenvalue weighted by molar-refractivity contribution is -0.127. The van der Waals surface area contributed by atoms with Crippen LogP contribution in [0.3, 0.4) is 0 Å². The van der Waals surface area contributed by atoms with Gasteiger partial charge in [-0.1, -0.05) is 31.5 Å². The molecule has 0 saturated carbocycles. The molecule has 0 radical (unpaired) electrons. The normalized spacial score (nSPS) is 15.2. The molecular formula is C25H32N2O4. The minimum atomic E-state index is -0.624. The van der Waals surface area contributed by atoms with E-state index >= 15 is 0 Å². The van der Waals surface area contributed by atoms with Gasteiger partial charge >= 0.3 is 0 Å². The number of benzene rings is 2. The van der Waals surface area contributed by atoms with Crippen LogP contribution in [-0.2, 0) is 9.59 Å².